The van der Waals surface area contributed by atoms with Gasteiger partial charge in [-0.05, 0) is 30.9 Å². The molecule has 0 aliphatic heterocycles. The number of benzene rings is 1. The zero-order valence-corrected chi connectivity index (χ0v) is 9.82. The molecule has 0 aliphatic rings. The summed E-state index contributed by atoms with van der Waals surface area (Å²) in [6, 6.07) is 7.73. The van der Waals surface area contributed by atoms with Gasteiger partial charge >= 0.3 is 0 Å². The summed E-state index contributed by atoms with van der Waals surface area (Å²) in [5.41, 5.74) is 0. The summed E-state index contributed by atoms with van der Waals surface area (Å²) < 4.78 is 10.7. The predicted molar refractivity (Wildman–Crippen MR) is 62.6 cm³/mol. The van der Waals surface area contributed by atoms with E-state index in [1.54, 1.807) is 7.11 Å². The standard InChI is InChI=1S/C13H20O2/c1-11(2)6-5-9-15-13-8-4-7-12(10-13)14-3/h4,7-8,10-11H,5-6,9H2,1-3H3. The van der Waals surface area contributed by atoms with Crippen LogP contribution in [0.4, 0.5) is 0 Å². The zero-order valence-electron chi connectivity index (χ0n) is 9.82. The van der Waals surface area contributed by atoms with E-state index in [0.29, 0.717) is 0 Å². The van der Waals surface area contributed by atoms with Crippen molar-refractivity contribution in [2.75, 3.05) is 13.7 Å². The van der Waals surface area contributed by atoms with Gasteiger partial charge in [0.1, 0.15) is 11.5 Å². The first kappa shape index (κ1) is 11.9. The molecule has 0 atom stereocenters. The topological polar surface area (TPSA) is 18.5 Å². The van der Waals surface area contributed by atoms with E-state index in [9.17, 15) is 0 Å². The summed E-state index contributed by atoms with van der Waals surface area (Å²) in [5.74, 6) is 2.48. The van der Waals surface area contributed by atoms with Crippen molar-refractivity contribution in [2.24, 2.45) is 5.92 Å². The van der Waals surface area contributed by atoms with Crippen molar-refractivity contribution in [1.29, 1.82) is 0 Å². The lowest BCUT2D eigenvalue weighted by Crippen LogP contribution is -1.99. The Morgan fingerprint density at radius 3 is 2.60 bits per heavy atom. The fourth-order valence-electron chi connectivity index (χ4n) is 1.37. The third kappa shape index (κ3) is 4.73. The fourth-order valence-corrected chi connectivity index (χ4v) is 1.37. The van der Waals surface area contributed by atoms with Gasteiger partial charge in [-0.1, -0.05) is 19.9 Å². The van der Waals surface area contributed by atoms with Crippen molar-refractivity contribution in [3.05, 3.63) is 24.3 Å². The van der Waals surface area contributed by atoms with Crippen LogP contribution >= 0.6 is 0 Å². The van der Waals surface area contributed by atoms with Crippen molar-refractivity contribution in [2.45, 2.75) is 26.7 Å². The van der Waals surface area contributed by atoms with Gasteiger partial charge in [-0.15, -0.1) is 0 Å². The van der Waals surface area contributed by atoms with E-state index in [2.05, 4.69) is 13.8 Å². The van der Waals surface area contributed by atoms with Crippen LogP contribution in [0.15, 0.2) is 24.3 Å². The maximum atomic E-state index is 5.62. The zero-order chi connectivity index (χ0) is 11.1. The fraction of sp³-hybridized carbons (Fsp3) is 0.538. The highest BCUT2D eigenvalue weighted by Gasteiger charge is 1.97. The van der Waals surface area contributed by atoms with E-state index in [1.807, 2.05) is 24.3 Å². The number of hydrogen-bond acceptors (Lipinski definition) is 2. The summed E-state index contributed by atoms with van der Waals surface area (Å²) in [7, 11) is 1.66. The van der Waals surface area contributed by atoms with Crippen molar-refractivity contribution in [3.8, 4) is 11.5 Å². The molecule has 1 aromatic carbocycles. The van der Waals surface area contributed by atoms with Gasteiger partial charge in [-0.3, -0.25) is 0 Å². The third-order valence-electron chi connectivity index (χ3n) is 2.24. The average molecular weight is 208 g/mol. The van der Waals surface area contributed by atoms with Gasteiger partial charge in [0, 0.05) is 6.07 Å². The van der Waals surface area contributed by atoms with Crippen LogP contribution in [-0.2, 0) is 0 Å². The van der Waals surface area contributed by atoms with Crippen molar-refractivity contribution in [1.82, 2.24) is 0 Å². The molecule has 0 bridgehead atoms. The Hall–Kier alpha value is -1.18. The lowest BCUT2D eigenvalue weighted by molar-refractivity contribution is 0.295. The Bertz CT molecular complexity index is 282. The predicted octanol–water partition coefficient (Wildman–Crippen LogP) is 3.51. The second-order valence-corrected chi connectivity index (χ2v) is 4.06. The van der Waals surface area contributed by atoms with Crippen LogP contribution in [0.25, 0.3) is 0 Å². The van der Waals surface area contributed by atoms with Gasteiger partial charge in [0.25, 0.3) is 0 Å². The monoisotopic (exact) mass is 208 g/mol. The van der Waals surface area contributed by atoms with Crippen molar-refractivity contribution >= 4 is 0 Å². The number of hydrogen-bond donors (Lipinski definition) is 0. The lowest BCUT2D eigenvalue weighted by Gasteiger charge is -2.08. The molecule has 2 nitrogen and oxygen atoms in total. The van der Waals surface area contributed by atoms with Gasteiger partial charge in [-0.2, -0.15) is 0 Å². The molecule has 0 saturated carbocycles. The highest BCUT2D eigenvalue weighted by atomic mass is 16.5. The summed E-state index contributed by atoms with van der Waals surface area (Å²) in [6.07, 6.45) is 2.32. The highest BCUT2D eigenvalue weighted by Crippen LogP contribution is 2.19. The normalized spacial score (nSPS) is 10.4. The van der Waals surface area contributed by atoms with Crippen LogP contribution in [0.1, 0.15) is 26.7 Å². The van der Waals surface area contributed by atoms with Gasteiger partial charge in [0.05, 0.1) is 13.7 Å². The maximum absolute atomic E-state index is 5.62. The van der Waals surface area contributed by atoms with Crippen molar-refractivity contribution < 1.29 is 9.47 Å². The molecular formula is C13H20O2. The Labute approximate surface area is 92.2 Å². The van der Waals surface area contributed by atoms with Gasteiger partial charge in [0.2, 0.25) is 0 Å². The molecule has 2 heteroatoms. The molecular weight excluding hydrogens is 188 g/mol. The quantitative estimate of drug-likeness (QED) is 0.666. The van der Waals surface area contributed by atoms with Crippen molar-refractivity contribution in [3.63, 3.8) is 0 Å². The summed E-state index contributed by atoms with van der Waals surface area (Å²) >= 11 is 0. The molecule has 0 N–H and O–H groups in total. The SMILES string of the molecule is COc1cccc(OCCCC(C)C)c1. The molecule has 0 unspecified atom stereocenters. The second-order valence-electron chi connectivity index (χ2n) is 4.06. The molecule has 15 heavy (non-hydrogen) atoms. The molecule has 0 radical (unpaired) electrons. The third-order valence-corrected chi connectivity index (χ3v) is 2.24. The van der Waals surface area contributed by atoms with E-state index in [1.165, 1.54) is 6.42 Å². The van der Waals surface area contributed by atoms with Crippen LogP contribution in [-0.4, -0.2) is 13.7 Å². The molecule has 0 aromatic heterocycles. The summed E-state index contributed by atoms with van der Waals surface area (Å²) in [5, 5.41) is 0. The summed E-state index contributed by atoms with van der Waals surface area (Å²) in [6.45, 7) is 5.24. The van der Waals surface area contributed by atoms with E-state index in [4.69, 9.17) is 9.47 Å². The van der Waals surface area contributed by atoms with E-state index < -0.39 is 0 Å². The van der Waals surface area contributed by atoms with Gasteiger partial charge in [-0.25, -0.2) is 0 Å². The first-order valence-corrected chi connectivity index (χ1v) is 5.49. The summed E-state index contributed by atoms with van der Waals surface area (Å²) in [4.78, 5) is 0. The molecule has 1 rings (SSSR count). The molecule has 84 valence electrons. The van der Waals surface area contributed by atoms with E-state index in [-0.39, 0.29) is 0 Å². The van der Waals surface area contributed by atoms with Crippen LogP contribution in [0.3, 0.4) is 0 Å². The molecule has 0 heterocycles. The minimum atomic E-state index is 0.749. The first-order valence-electron chi connectivity index (χ1n) is 5.49. The van der Waals surface area contributed by atoms with E-state index in [0.717, 1.165) is 30.4 Å². The largest absolute Gasteiger partial charge is 0.497 e. The lowest BCUT2D eigenvalue weighted by atomic mass is 10.1. The van der Waals surface area contributed by atoms with Crippen LogP contribution in [0, 0.1) is 5.92 Å². The van der Waals surface area contributed by atoms with Gasteiger partial charge < -0.3 is 9.47 Å². The number of methoxy groups -OCH3 is 1. The van der Waals surface area contributed by atoms with Crippen LogP contribution < -0.4 is 9.47 Å². The molecule has 0 aliphatic carbocycles. The molecule has 1 aromatic rings. The minimum Gasteiger partial charge on any atom is -0.497 e. The molecule has 0 saturated heterocycles. The first-order chi connectivity index (χ1) is 7.22. The molecule has 0 amide bonds. The van der Waals surface area contributed by atoms with Crippen LogP contribution in [0.5, 0.6) is 11.5 Å². The Morgan fingerprint density at radius 2 is 1.93 bits per heavy atom. The molecule has 0 spiro atoms. The number of ether oxygens (including phenoxy) is 2. The highest BCUT2D eigenvalue weighted by molar-refractivity contribution is 5.32. The Balaban J connectivity index is 2.30. The second kappa shape index (κ2) is 6.33. The Kier molecular flexibility index (Phi) is 5.02. The molecule has 0 fully saturated rings. The number of rotatable bonds is 6. The van der Waals surface area contributed by atoms with Gasteiger partial charge in [0.15, 0.2) is 0 Å². The average Bonchev–Trinajstić information content (AvgIpc) is 2.24. The van der Waals surface area contributed by atoms with E-state index >= 15 is 0 Å². The minimum absolute atomic E-state index is 0.749. The Morgan fingerprint density at radius 1 is 1.20 bits per heavy atom. The smallest absolute Gasteiger partial charge is 0.122 e. The van der Waals surface area contributed by atoms with Crippen LogP contribution in [0.2, 0.25) is 0 Å². The maximum Gasteiger partial charge on any atom is 0.122 e.